The average Bonchev–Trinajstić information content (AvgIpc) is 3.22. The molecular weight excluding hydrogens is 752 g/mol. The van der Waals surface area contributed by atoms with Crippen molar-refractivity contribution in [3.63, 3.8) is 0 Å². The van der Waals surface area contributed by atoms with E-state index in [9.17, 15) is 28.1 Å². The van der Waals surface area contributed by atoms with E-state index in [0.29, 0.717) is 41.0 Å². The number of rotatable bonds is 19. The highest BCUT2D eigenvalue weighted by molar-refractivity contribution is 7.89. The molecule has 0 unspecified atom stereocenters. The third kappa shape index (κ3) is 10.1. The van der Waals surface area contributed by atoms with Crippen LogP contribution in [0.3, 0.4) is 0 Å². The van der Waals surface area contributed by atoms with E-state index < -0.39 is 49.1 Å². The van der Waals surface area contributed by atoms with Gasteiger partial charge in [0.2, 0.25) is 15.9 Å². The first-order valence-electron chi connectivity index (χ1n) is 18.3. The molecule has 5 rings (SSSR count). The van der Waals surface area contributed by atoms with E-state index in [-0.39, 0.29) is 31.8 Å². The van der Waals surface area contributed by atoms with Crippen LogP contribution in [0.5, 0.6) is 0 Å². The molecule has 3 N–H and O–H groups in total. The highest BCUT2D eigenvalue weighted by atomic mass is 35.5. The van der Waals surface area contributed by atoms with Gasteiger partial charge in [0.25, 0.3) is 5.69 Å². The third-order valence-corrected chi connectivity index (χ3v) is 11.6. The molecule has 0 spiro atoms. The number of nitrogens with zero attached hydrogens (tertiary/aromatic N) is 2. The molecule has 292 valence electrons. The second-order valence-corrected chi connectivity index (χ2v) is 15.6. The second-order valence-electron chi connectivity index (χ2n) is 13.4. The molecule has 0 fully saturated rings. The Morgan fingerprint density at radius 3 is 1.98 bits per heavy atom. The predicted octanol–water partition coefficient (Wildman–Crippen LogP) is 7.27. The fraction of sp³-hybridized carbons (Fsp3) is 0.256. The number of carbonyl (C=O) groups is 2. The molecule has 11 nitrogen and oxygen atoms in total. The van der Waals surface area contributed by atoms with Crippen molar-refractivity contribution in [2.75, 3.05) is 20.1 Å². The highest BCUT2D eigenvalue weighted by Gasteiger charge is 2.43. The van der Waals surface area contributed by atoms with Crippen molar-refractivity contribution in [2.45, 2.75) is 48.6 Å². The monoisotopic (exact) mass is 796 g/mol. The summed E-state index contributed by atoms with van der Waals surface area (Å²) >= 11 is 6.85. The first-order valence-corrected chi connectivity index (χ1v) is 20.2. The Morgan fingerprint density at radius 2 is 1.39 bits per heavy atom. The van der Waals surface area contributed by atoms with Gasteiger partial charge in [-0.2, -0.15) is 0 Å². The summed E-state index contributed by atoms with van der Waals surface area (Å²) in [6.07, 6.45) is 1.36. The summed E-state index contributed by atoms with van der Waals surface area (Å²) < 4.78 is 34.7. The van der Waals surface area contributed by atoms with Crippen molar-refractivity contribution in [1.29, 1.82) is 0 Å². The Hall–Kier alpha value is -5.40. The number of benzene rings is 5. The van der Waals surface area contributed by atoms with Gasteiger partial charge in [-0.3, -0.25) is 19.7 Å². The van der Waals surface area contributed by atoms with Crippen molar-refractivity contribution >= 4 is 39.2 Å². The topological polar surface area (TPSA) is 162 Å². The first-order chi connectivity index (χ1) is 27.0. The molecule has 0 saturated heterocycles. The maximum atomic E-state index is 14.4. The number of halogens is 1. The Bertz CT molecular complexity index is 2150. The number of nitrogens with one attached hydrogen (secondary N) is 1. The van der Waals surface area contributed by atoms with Crippen LogP contribution < -0.4 is 10.5 Å². The lowest BCUT2D eigenvalue weighted by Gasteiger charge is -2.36. The van der Waals surface area contributed by atoms with E-state index in [1.54, 1.807) is 18.0 Å². The van der Waals surface area contributed by atoms with E-state index in [1.807, 2.05) is 109 Å². The van der Waals surface area contributed by atoms with Crippen LogP contribution in [0.25, 0.3) is 0 Å². The molecule has 0 bridgehead atoms. The molecule has 2 atom stereocenters. The van der Waals surface area contributed by atoms with E-state index >= 15 is 0 Å². The van der Waals surface area contributed by atoms with Crippen LogP contribution in [-0.4, -0.2) is 56.3 Å². The van der Waals surface area contributed by atoms with Gasteiger partial charge >= 0.3 is 5.97 Å². The number of unbranched alkanes of at least 4 members (excludes halogenated alkanes) is 1. The van der Waals surface area contributed by atoms with E-state index in [1.165, 1.54) is 18.2 Å². The maximum absolute atomic E-state index is 14.4. The fourth-order valence-corrected chi connectivity index (χ4v) is 8.38. The van der Waals surface area contributed by atoms with Crippen molar-refractivity contribution < 1.29 is 27.7 Å². The van der Waals surface area contributed by atoms with Gasteiger partial charge in [0.15, 0.2) is 10.5 Å². The number of likely N-dealkylation sites (N-methyl/N-ethyl adjacent to an activating group) is 1. The summed E-state index contributed by atoms with van der Waals surface area (Å²) in [6, 6.07) is 40.1. The molecular formula is C43H45ClN4O7S. The van der Waals surface area contributed by atoms with Gasteiger partial charge in [0.1, 0.15) is 0 Å². The molecule has 1 amide bonds. The van der Waals surface area contributed by atoms with Crippen LogP contribution in [-0.2, 0) is 36.4 Å². The molecule has 0 aliphatic carbocycles. The highest BCUT2D eigenvalue weighted by Crippen LogP contribution is 2.44. The van der Waals surface area contributed by atoms with Crippen molar-refractivity contribution in [3.05, 3.63) is 177 Å². The molecule has 5 aromatic rings. The summed E-state index contributed by atoms with van der Waals surface area (Å²) in [4.78, 5) is 40.6. The van der Waals surface area contributed by atoms with Crippen molar-refractivity contribution in [3.8, 4) is 0 Å². The zero-order chi connectivity index (χ0) is 40.1. The molecule has 13 heteroatoms. The Kier molecular flexibility index (Phi) is 14.5. The number of nitrogens with two attached hydrogens (primary N) is 1. The minimum absolute atomic E-state index is 0.0296. The summed E-state index contributed by atoms with van der Waals surface area (Å²) in [5.74, 6) is -1.70. The smallest absolute Gasteiger partial charge is 0.308 e. The minimum Gasteiger partial charge on any atom is -0.444 e. The standard InChI is InChI=1S/C43H45ClN4O7S/c1-47(36(31-45)23-15-16-28-46-56(53,54)40-27-14-13-26-39(40)48(51)52)42(50)33(29-32-17-5-2-6-18-32)30-41(49)55-43(34-19-7-3-8-20-34,35-21-9-4-10-22-35)37-24-11-12-25-38(37)44/h2-14,17-22,24-27,33,36,46H,15-16,23,28-31,45H2,1H3/t33-,36+/m1/s1. The summed E-state index contributed by atoms with van der Waals surface area (Å²) in [5, 5.41) is 11.8. The number of amides is 1. The van der Waals surface area contributed by atoms with E-state index in [0.717, 1.165) is 11.6 Å². The third-order valence-electron chi connectivity index (χ3n) is 9.74. The van der Waals surface area contributed by atoms with E-state index in [4.69, 9.17) is 22.1 Å². The Morgan fingerprint density at radius 1 is 0.839 bits per heavy atom. The van der Waals surface area contributed by atoms with E-state index in [2.05, 4.69) is 4.72 Å². The number of nitro groups is 1. The van der Waals surface area contributed by atoms with Gasteiger partial charge in [-0.05, 0) is 37.0 Å². The number of hydrogen-bond acceptors (Lipinski definition) is 8. The van der Waals surface area contributed by atoms with Crippen LogP contribution in [0.15, 0.2) is 144 Å². The number of esters is 1. The predicted molar refractivity (Wildman–Crippen MR) is 216 cm³/mol. The zero-order valence-corrected chi connectivity index (χ0v) is 32.6. The number of nitro benzene ring substituents is 1. The lowest BCUT2D eigenvalue weighted by atomic mass is 9.80. The normalized spacial score (nSPS) is 12.7. The molecule has 0 aliphatic heterocycles. The molecule has 0 aliphatic rings. The largest absolute Gasteiger partial charge is 0.444 e. The van der Waals surface area contributed by atoms with Crippen LogP contribution in [0.1, 0.15) is 47.9 Å². The quantitative estimate of drug-likeness (QED) is 0.0290. The van der Waals surface area contributed by atoms with Crippen LogP contribution in [0, 0.1) is 16.0 Å². The van der Waals surface area contributed by atoms with Gasteiger partial charge in [-0.25, -0.2) is 13.1 Å². The van der Waals surface area contributed by atoms with Gasteiger partial charge < -0.3 is 15.4 Å². The number of ether oxygens (including phenoxy) is 1. The zero-order valence-electron chi connectivity index (χ0n) is 31.0. The molecule has 0 aromatic heterocycles. The second kappa shape index (κ2) is 19.5. The summed E-state index contributed by atoms with van der Waals surface area (Å²) in [6.45, 7) is 0.159. The fourth-order valence-electron chi connectivity index (χ4n) is 6.86. The number of sulfonamides is 1. The van der Waals surface area contributed by atoms with Crippen LogP contribution >= 0.6 is 11.6 Å². The molecule has 0 heterocycles. The van der Waals surface area contributed by atoms with Crippen molar-refractivity contribution in [1.82, 2.24) is 9.62 Å². The van der Waals surface area contributed by atoms with Gasteiger partial charge in [0, 0.05) is 54.0 Å². The maximum Gasteiger partial charge on any atom is 0.308 e. The lowest BCUT2D eigenvalue weighted by molar-refractivity contribution is -0.387. The Labute approximate surface area is 332 Å². The lowest BCUT2D eigenvalue weighted by Crippen LogP contribution is -2.46. The summed E-state index contributed by atoms with van der Waals surface area (Å²) in [5.41, 5.74) is 7.05. The number of hydrogen-bond donors (Lipinski definition) is 2. The number of carbonyl (C=O) groups excluding carboxylic acids is 2. The molecule has 0 saturated carbocycles. The SMILES string of the molecule is CN(C(=O)[C@@H](CC(=O)OC(c1ccccc1)(c1ccccc1)c1ccccc1Cl)Cc1ccccc1)[C@H](CN)CCCCNS(=O)(=O)c1ccccc1[N+](=O)[O-]. The molecule has 5 aromatic carbocycles. The van der Waals surface area contributed by atoms with Crippen LogP contribution in [0.4, 0.5) is 5.69 Å². The van der Waals surface area contributed by atoms with Gasteiger partial charge in [-0.15, -0.1) is 0 Å². The van der Waals surface area contributed by atoms with Crippen LogP contribution in [0.2, 0.25) is 5.02 Å². The summed E-state index contributed by atoms with van der Waals surface area (Å²) in [7, 11) is -2.47. The first kappa shape index (κ1) is 41.8. The molecule has 56 heavy (non-hydrogen) atoms. The van der Waals surface area contributed by atoms with Crippen molar-refractivity contribution in [2.24, 2.45) is 11.7 Å². The molecule has 0 radical (unpaired) electrons. The Balaban J connectivity index is 1.34. The average molecular weight is 797 g/mol. The minimum atomic E-state index is -4.13. The van der Waals surface area contributed by atoms with Gasteiger partial charge in [-0.1, -0.05) is 139 Å². The number of para-hydroxylation sites is 1. The van der Waals surface area contributed by atoms with Gasteiger partial charge in [0.05, 0.1) is 17.3 Å².